The van der Waals surface area contributed by atoms with Crippen LogP contribution in [-0.4, -0.2) is 57.5 Å². The Kier molecular flexibility index (Phi) is 4.65. The van der Waals surface area contributed by atoms with Crippen LogP contribution in [0.3, 0.4) is 0 Å². The zero-order valence-electron chi connectivity index (χ0n) is 12.8. The van der Waals surface area contributed by atoms with Crippen LogP contribution >= 0.6 is 0 Å². The van der Waals surface area contributed by atoms with Crippen LogP contribution in [0.4, 0.5) is 0 Å². The number of piperidine rings is 1. The molecule has 0 bridgehead atoms. The van der Waals surface area contributed by atoms with Gasteiger partial charge in [-0.05, 0) is 44.2 Å². The first-order chi connectivity index (χ1) is 10.8. The molecule has 0 N–H and O–H groups in total. The normalized spacial score (nSPS) is 22.2. The largest absolute Gasteiger partial charge is 0.343 e. The lowest BCUT2D eigenvalue weighted by atomic mass is 9.98. The van der Waals surface area contributed by atoms with Gasteiger partial charge >= 0.3 is 0 Å². The summed E-state index contributed by atoms with van der Waals surface area (Å²) in [6.45, 7) is 2.39. The molecule has 22 heavy (non-hydrogen) atoms. The van der Waals surface area contributed by atoms with E-state index in [1.165, 1.54) is 0 Å². The maximum absolute atomic E-state index is 12.6. The molecule has 0 saturated carbocycles. The molecule has 2 saturated heterocycles. The van der Waals surface area contributed by atoms with E-state index in [1.807, 2.05) is 9.80 Å². The molecule has 118 valence electrons. The molecule has 2 fully saturated rings. The van der Waals surface area contributed by atoms with Crippen molar-refractivity contribution >= 4 is 11.8 Å². The van der Waals surface area contributed by atoms with Gasteiger partial charge < -0.3 is 9.80 Å². The number of aromatic nitrogens is 2. The van der Waals surface area contributed by atoms with Crippen LogP contribution in [-0.2, 0) is 4.79 Å². The zero-order valence-corrected chi connectivity index (χ0v) is 12.8. The van der Waals surface area contributed by atoms with E-state index in [1.54, 1.807) is 18.3 Å². The van der Waals surface area contributed by atoms with Crippen LogP contribution in [0.5, 0.6) is 0 Å². The maximum atomic E-state index is 12.6. The third kappa shape index (κ3) is 3.26. The number of hydrogen-bond acceptors (Lipinski definition) is 4. The number of carbonyl (C=O) groups is 2. The van der Waals surface area contributed by atoms with Gasteiger partial charge in [0, 0.05) is 38.3 Å². The Morgan fingerprint density at radius 2 is 2.18 bits per heavy atom. The highest BCUT2D eigenvalue weighted by Crippen LogP contribution is 2.22. The molecule has 1 aromatic heterocycles. The number of carbonyl (C=O) groups excluding carboxylic acids is 2. The molecule has 6 nitrogen and oxygen atoms in total. The average molecular weight is 302 g/mol. The number of amides is 2. The molecule has 2 aliphatic rings. The maximum Gasteiger partial charge on any atom is 0.274 e. The van der Waals surface area contributed by atoms with Crippen molar-refractivity contribution in [3.8, 4) is 0 Å². The molecule has 3 rings (SSSR count). The van der Waals surface area contributed by atoms with Crippen molar-refractivity contribution in [1.82, 2.24) is 20.0 Å². The van der Waals surface area contributed by atoms with Crippen molar-refractivity contribution in [2.45, 2.75) is 44.6 Å². The van der Waals surface area contributed by atoms with E-state index in [2.05, 4.69) is 10.2 Å². The second kappa shape index (κ2) is 6.85. The average Bonchev–Trinajstić information content (AvgIpc) is 2.98. The van der Waals surface area contributed by atoms with E-state index >= 15 is 0 Å². The van der Waals surface area contributed by atoms with Gasteiger partial charge in [0.05, 0.1) is 0 Å². The van der Waals surface area contributed by atoms with Crippen molar-refractivity contribution < 1.29 is 9.59 Å². The molecule has 0 spiro atoms. The van der Waals surface area contributed by atoms with Crippen LogP contribution in [0.25, 0.3) is 0 Å². The van der Waals surface area contributed by atoms with Crippen molar-refractivity contribution in [3.05, 3.63) is 24.0 Å². The lowest BCUT2D eigenvalue weighted by Gasteiger charge is -2.36. The number of rotatable bonds is 4. The van der Waals surface area contributed by atoms with Gasteiger partial charge in [0.1, 0.15) is 0 Å². The van der Waals surface area contributed by atoms with Gasteiger partial charge in [-0.1, -0.05) is 0 Å². The summed E-state index contributed by atoms with van der Waals surface area (Å²) < 4.78 is 0. The number of hydrogen-bond donors (Lipinski definition) is 0. The van der Waals surface area contributed by atoms with Gasteiger partial charge in [-0.15, -0.1) is 5.10 Å². The Morgan fingerprint density at radius 3 is 2.91 bits per heavy atom. The van der Waals surface area contributed by atoms with Gasteiger partial charge in [-0.3, -0.25) is 9.59 Å². The first-order valence-electron chi connectivity index (χ1n) is 8.12. The molecule has 1 atom stereocenters. The van der Waals surface area contributed by atoms with Gasteiger partial charge in [-0.25, -0.2) is 0 Å². The van der Waals surface area contributed by atoms with E-state index < -0.39 is 0 Å². The third-order valence-corrected chi connectivity index (χ3v) is 4.58. The van der Waals surface area contributed by atoms with Gasteiger partial charge in [0.25, 0.3) is 5.91 Å². The molecule has 2 aliphatic heterocycles. The van der Waals surface area contributed by atoms with Crippen LogP contribution in [0.1, 0.15) is 49.0 Å². The summed E-state index contributed by atoms with van der Waals surface area (Å²) in [4.78, 5) is 28.2. The van der Waals surface area contributed by atoms with Crippen molar-refractivity contribution in [2.75, 3.05) is 19.6 Å². The fourth-order valence-corrected chi connectivity index (χ4v) is 3.38. The summed E-state index contributed by atoms with van der Waals surface area (Å²) in [6, 6.07) is 3.66. The summed E-state index contributed by atoms with van der Waals surface area (Å²) in [6.07, 6.45) is 7.25. The summed E-state index contributed by atoms with van der Waals surface area (Å²) in [5.41, 5.74) is 0.409. The van der Waals surface area contributed by atoms with Crippen LogP contribution in [0, 0.1) is 0 Å². The van der Waals surface area contributed by atoms with Crippen molar-refractivity contribution in [1.29, 1.82) is 0 Å². The monoisotopic (exact) mass is 302 g/mol. The topological polar surface area (TPSA) is 66.4 Å². The Labute approximate surface area is 130 Å². The van der Waals surface area contributed by atoms with Crippen LogP contribution < -0.4 is 0 Å². The first-order valence-corrected chi connectivity index (χ1v) is 8.12. The van der Waals surface area contributed by atoms with Gasteiger partial charge in [0.15, 0.2) is 5.69 Å². The highest BCUT2D eigenvalue weighted by molar-refractivity contribution is 5.92. The Bertz CT molecular complexity index is 534. The summed E-state index contributed by atoms with van der Waals surface area (Å²) in [7, 11) is 0. The predicted octanol–water partition coefficient (Wildman–Crippen LogP) is 1.48. The first kappa shape index (κ1) is 14.9. The molecule has 0 aliphatic carbocycles. The Morgan fingerprint density at radius 1 is 1.27 bits per heavy atom. The van der Waals surface area contributed by atoms with Gasteiger partial charge in [-0.2, -0.15) is 5.10 Å². The van der Waals surface area contributed by atoms with E-state index in [0.717, 1.165) is 51.7 Å². The lowest BCUT2D eigenvalue weighted by Crippen LogP contribution is -2.45. The summed E-state index contributed by atoms with van der Waals surface area (Å²) in [5, 5.41) is 7.73. The second-order valence-corrected chi connectivity index (χ2v) is 6.03. The second-order valence-electron chi connectivity index (χ2n) is 6.03. The van der Waals surface area contributed by atoms with Crippen molar-refractivity contribution in [2.24, 2.45) is 0 Å². The summed E-state index contributed by atoms with van der Waals surface area (Å²) >= 11 is 0. The zero-order chi connectivity index (χ0) is 15.4. The van der Waals surface area contributed by atoms with E-state index in [-0.39, 0.29) is 17.9 Å². The fraction of sp³-hybridized carbons (Fsp3) is 0.625. The molecule has 0 radical (unpaired) electrons. The van der Waals surface area contributed by atoms with Crippen LogP contribution in [0.15, 0.2) is 18.3 Å². The standard InChI is InChI=1S/C16H22N4O2/c21-15-7-4-10-19(15)12-8-13-5-1-2-11-20(13)16(22)14-6-3-9-17-18-14/h3,6,9,13H,1-2,4-5,7-8,10-12H2. The van der Waals surface area contributed by atoms with Gasteiger partial charge in [0.2, 0.25) is 5.91 Å². The Hall–Kier alpha value is -1.98. The minimum atomic E-state index is -0.0365. The smallest absolute Gasteiger partial charge is 0.274 e. The van der Waals surface area contributed by atoms with E-state index in [4.69, 9.17) is 0 Å². The minimum Gasteiger partial charge on any atom is -0.343 e. The quantitative estimate of drug-likeness (QED) is 0.845. The van der Waals surface area contributed by atoms with Crippen molar-refractivity contribution in [3.63, 3.8) is 0 Å². The molecule has 0 aromatic carbocycles. The predicted molar refractivity (Wildman–Crippen MR) is 81.1 cm³/mol. The molecule has 1 unspecified atom stereocenters. The molecule has 2 amide bonds. The minimum absolute atomic E-state index is 0.0365. The SMILES string of the molecule is O=C1CCCN1CCC1CCCCN1C(=O)c1cccnn1. The number of likely N-dealkylation sites (tertiary alicyclic amines) is 2. The highest BCUT2D eigenvalue weighted by Gasteiger charge is 2.29. The molecule has 1 aromatic rings. The molecular formula is C16H22N4O2. The third-order valence-electron chi connectivity index (χ3n) is 4.58. The highest BCUT2D eigenvalue weighted by atomic mass is 16.2. The van der Waals surface area contributed by atoms with E-state index in [0.29, 0.717) is 12.1 Å². The molecule has 6 heteroatoms. The number of nitrogens with zero attached hydrogens (tertiary/aromatic N) is 4. The lowest BCUT2D eigenvalue weighted by molar-refractivity contribution is -0.127. The van der Waals surface area contributed by atoms with E-state index in [9.17, 15) is 9.59 Å². The summed E-state index contributed by atoms with van der Waals surface area (Å²) in [5.74, 6) is 0.216. The molecular weight excluding hydrogens is 280 g/mol. The van der Waals surface area contributed by atoms with Crippen LogP contribution in [0.2, 0.25) is 0 Å². The fourth-order valence-electron chi connectivity index (χ4n) is 3.38. The Balaban J connectivity index is 1.63. The molecule has 3 heterocycles.